The molecule has 0 heterocycles. The summed E-state index contributed by atoms with van der Waals surface area (Å²) in [4.78, 5) is 0. The summed E-state index contributed by atoms with van der Waals surface area (Å²) in [6, 6.07) is 0. The predicted octanol–water partition coefficient (Wildman–Crippen LogP) is 1.30. The van der Waals surface area contributed by atoms with Gasteiger partial charge in [-0.3, -0.25) is 0 Å². The molecule has 0 radical (unpaired) electrons. The topological polar surface area (TPSA) is 201 Å². The molecular weight excluding hydrogens is 222 g/mol. The number of hydrogen-bond donors (Lipinski definition) is 0. The van der Waals surface area contributed by atoms with Crippen LogP contribution in [0.3, 0.4) is 0 Å². The fraction of sp³-hybridized carbons (Fsp3) is 0. The van der Waals surface area contributed by atoms with Gasteiger partial charge in [0.1, 0.15) is 0 Å². The minimum absolute atomic E-state index is 0. The Morgan fingerprint density at radius 2 is 0.375 bits per heavy atom. The zero-order valence-corrected chi connectivity index (χ0v) is 6.57. The molecule has 62 valence electrons. The van der Waals surface area contributed by atoms with E-state index in [-0.39, 0.29) is 68.8 Å². The summed E-state index contributed by atoms with van der Waals surface area (Å²) in [6.45, 7) is 0. The van der Waals surface area contributed by atoms with Crippen LogP contribution in [0.1, 0.15) is 0 Å². The zero-order valence-electron chi connectivity index (χ0n) is 4.18. The van der Waals surface area contributed by atoms with Crippen molar-refractivity contribution in [2.24, 2.45) is 0 Å². The molecule has 0 unspecified atom stereocenters. The van der Waals surface area contributed by atoms with Gasteiger partial charge in [-0.1, -0.05) is 0 Å². The average molecular weight is 234 g/mol. The van der Waals surface area contributed by atoms with Gasteiger partial charge in [-0.2, -0.15) is 0 Å². The summed E-state index contributed by atoms with van der Waals surface area (Å²) in [5, 5.41) is 0. The van der Waals surface area contributed by atoms with E-state index in [2.05, 4.69) is 0 Å². The summed E-state index contributed by atoms with van der Waals surface area (Å²) in [7, 11) is 0. The Balaban J connectivity index is 0. The Morgan fingerprint density at radius 1 is 0.375 bits per heavy atom. The minimum atomic E-state index is 0. The van der Waals surface area contributed by atoms with Gasteiger partial charge < -0.3 is 49.3 Å². The first-order valence-electron chi connectivity index (χ1n) is 0. The second kappa shape index (κ2) is 754. The molecule has 0 aliphatic heterocycles. The Kier molecular flexibility index (Phi) is 106000. The van der Waals surface area contributed by atoms with Crippen LogP contribution in [0, 0.1) is 0 Å². The Morgan fingerprint density at radius 3 is 0.375 bits per heavy atom. The first kappa shape index (κ1) is 1130. The molecule has 0 amide bonds. The van der Waals surface area contributed by atoms with E-state index in [1.165, 1.54) is 0 Å². The van der Waals surface area contributed by atoms with E-state index < -0.39 is 0 Å². The van der Waals surface area contributed by atoms with Gasteiger partial charge in [0.2, 0.25) is 0 Å². The molecule has 0 atom stereocenters. The second-order valence-corrected chi connectivity index (χ2v) is 0. The summed E-state index contributed by atoms with van der Waals surface area (Å²) >= 11 is 0. The second-order valence-electron chi connectivity index (χ2n) is 0. The molecule has 0 spiro atoms. The number of halogens is 1. The van der Waals surface area contributed by atoms with Crippen LogP contribution < -0.4 is 12.4 Å². The van der Waals surface area contributed by atoms with Crippen molar-refractivity contribution in [3.63, 3.8) is 0 Å². The van der Waals surface area contributed by atoms with Crippen molar-refractivity contribution in [3.05, 3.63) is 36.9 Å². The smallest absolute Gasteiger partial charge is 1.00 e. The molecule has 0 rings (SSSR count). The van der Waals surface area contributed by atoms with Crippen LogP contribution >= 0.6 is 0 Å². The third kappa shape index (κ3) is 474. The number of nitrogens with two attached hydrogens (primary N) is 6. The van der Waals surface area contributed by atoms with Crippen LogP contribution in [-0.4, -0.2) is 0 Å². The Labute approximate surface area is 69.2 Å². The van der Waals surface area contributed by atoms with Gasteiger partial charge in [-0.05, 0) is 0 Å². The molecule has 0 bridgehead atoms. The van der Waals surface area contributed by atoms with Crippen molar-refractivity contribution in [2.45, 2.75) is 0 Å². The van der Waals surface area contributed by atoms with Crippen LogP contribution in [0.2, 0.25) is 0 Å². The number of hydrogen-bond acceptors (Lipinski definition) is 0. The van der Waals surface area contributed by atoms with Crippen LogP contribution in [0.25, 0.3) is 36.9 Å². The van der Waals surface area contributed by atoms with Gasteiger partial charge >= 0.3 is 19.5 Å². The summed E-state index contributed by atoms with van der Waals surface area (Å²) in [5.74, 6) is 0. The van der Waals surface area contributed by atoms with Gasteiger partial charge in [-0.25, -0.2) is 0 Å². The van der Waals surface area contributed by atoms with E-state index in [1.807, 2.05) is 0 Å². The summed E-state index contributed by atoms with van der Waals surface area (Å²) in [5.41, 5.74) is 0. The van der Waals surface area contributed by atoms with Crippen LogP contribution in [0.5, 0.6) is 0 Å². The van der Waals surface area contributed by atoms with Gasteiger partial charge in [0.25, 0.3) is 0 Å². The average Bonchev–Trinajstić information content (AvgIpc) is 0. The van der Waals surface area contributed by atoms with Crippen molar-refractivity contribution in [2.75, 3.05) is 0 Å². The molecule has 0 aliphatic carbocycles. The molecule has 0 aliphatic rings. The molecule has 0 aromatic rings. The SMILES string of the molecule is [Cl-].[NH2-].[NH2-].[NH2-].[NH2-].[NH2-].[NH2-].[Rh+3]. The zero-order chi connectivity index (χ0) is 0. The Bertz CT molecular complexity index is 8.49. The van der Waals surface area contributed by atoms with E-state index in [4.69, 9.17) is 0 Å². The molecule has 0 saturated heterocycles. The van der Waals surface area contributed by atoms with E-state index >= 15 is 0 Å². The molecule has 0 fully saturated rings. The van der Waals surface area contributed by atoms with Crippen molar-refractivity contribution >= 4 is 0 Å². The number of rotatable bonds is 0. The molecular formula is H12ClN6Rh-4. The summed E-state index contributed by atoms with van der Waals surface area (Å²) in [6.07, 6.45) is 0. The van der Waals surface area contributed by atoms with Gasteiger partial charge in [0.15, 0.2) is 0 Å². The van der Waals surface area contributed by atoms with Crippen molar-refractivity contribution in [3.8, 4) is 0 Å². The third-order valence-electron chi connectivity index (χ3n) is 0. The minimum Gasteiger partial charge on any atom is -1.00 e. The molecule has 6 nitrogen and oxygen atoms in total. The van der Waals surface area contributed by atoms with Crippen LogP contribution in [0.4, 0.5) is 0 Å². The van der Waals surface area contributed by atoms with Crippen LogP contribution in [-0.2, 0) is 19.5 Å². The van der Waals surface area contributed by atoms with E-state index in [0.29, 0.717) is 0 Å². The van der Waals surface area contributed by atoms with E-state index in [0.717, 1.165) is 0 Å². The largest absolute Gasteiger partial charge is 3.00 e. The van der Waals surface area contributed by atoms with E-state index in [1.54, 1.807) is 0 Å². The normalized spacial score (nSPS) is 0. The standard InChI is InChI=1S/ClH.6H2N.Rh/h1H;6*1H2;/q;6*-1;+3/p-1. The van der Waals surface area contributed by atoms with Crippen LogP contribution in [0.15, 0.2) is 0 Å². The van der Waals surface area contributed by atoms with Crippen molar-refractivity contribution in [1.82, 2.24) is 0 Å². The third-order valence-corrected chi connectivity index (χ3v) is 0. The fourth-order valence-electron chi connectivity index (χ4n) is 0. The van der Waals surface area contributed by atoms with Crippen molar-refractivity contribution in [1.29, 1.82) is 0 Å². The summed E-state index contributed by atoms with van der Waals surface area (Å²) < 4.78 is 0. The first-order valence-corrected chi connectivity index (χ1v) is 0. The maximum absolute atomic E-state index is 0. The van der Waals surface area contributed by atoms with Gasteiger partial charge in [0.05, 0.1) is 0 Å². The monoisotopic (exact) mass is 234 g/mol. The van der Waals surface area contributed by atoms with Crippen molar-refractivity contribution < 1.29 is 31.9 Å². The van der Waals surface area contributed by atoms with E-state index in [9.17, 15) is 0 Å². The fourth-order valence-corrected chi connectivity index (χ4v) is 0. The van der Waals surface area contributed by atoms with Gasteiger partial charge in [-0.15, -0.1) is 0 Å². The van der Waals surface area contributed by atoms with Gasteiger partial charge in [0, 0.05) is 0 Å². The quantitative estimate of drug-likeness (QED) is 0.544. The Hall–Kier alpha value is 0.673. The predicted molar refractivity (Wildman–Crippen MR) is 31.7 cm³/mol. The molecule has 0 aromatic heterocycles. The molecule has 8 heteroatoms. The molecule has 8 heavy (non-hydrogen) atoms. The maximum atomic E-state index is 0. The first-order chi connectivity index (χ1) is 0. The maximum Gasteiger partial charge on any atom is 3.00 e. The molecule has 12 N–H and O–H groups in total. The molecule has 0 saturated carbocycles. The molecule has 0 aromatic carbocycles.